The maximum atomic E-state index is 15.0. The third-order valence-electron chi connectivity index (χ3n) is 7.16. The Hall–Kier alpha value is -3.57. The number of aryl methyl sites for hydroxylation is 1. The Morgan fingerprint density at radius 2 is 1.74 bits per heavy atom. The van der Waals surface area contributed by atoms with Gasteiger partial charge >= 0.3 is 0 Å². The molecule has 1 aliphatic rings. The van der Waals surface area contributed by atoms with E-state index in [9.17, 15) is 13.9 Å². The molecule has 2 atom stereocenters. The standard InChI is InChI=1S/C34H35F3O2/c1-3-5-21-39-28-18-20-29(31(35)22-28)24-10-7-23(8-11-24)9-12-27-17-19-30(34(37)33(27)36)25-13-15-26(16-14-25)32(38)6-4-2/h3,7-8,10-11,13-18,20,22,30,32,38H,1,4-6,9,12,19,21H2,2H3. The Kier molecular flexibility index (Phi) is 9.83. The molecule has 0 spiro atoms. The molecule has 0 aliphatic heterocycles. The van der Waals surface area contributed by atoms with Crippen molar-refractivity contribution in [3.05, 3.63) is 125 Å². The monoisotopic (exact) mass is 532 g/mol. The van der Waals surface area contributed by atoms with Crippen molar-refractivity contribution in [1.82, 2.24) is 0 Å². The summed E-state index contributed by atoms with van der Waals surface area (Å²) in [6.07, 6.45) is 6.51. The molecule has 1 aliphatic carbocycles. The summed E-state index contributed by atoms with van der Waals surface area (Å²) in [5.41, 5.74) is 4.03. The normalized spacial score (nSPS) is 16.1. The fraction of sp³-hybridized carbons (Fsp3) is 0.294. The number of benzene rings is 3. The molecule has 0 saturated carbocycles. The highest BCUT2D eigenvalue weighted by atomic mass is 19.2. The summed E-state index contributed by atoms with van der Waals surface area (Å²) in [7, 11) is 0. The van der Waals surface area contributed by atoms with Gasteiger partial charge in [0, 0.05) is 17.5 Å². The van der Waals surface area contributed by atoms with E-state index in [-0.39, 0.29) is 5.82 Å². The first-order valence-corrected chi connectivity index (χ1v) is 13.6. The number of ether oxygens (including phenoxy) is 1. The summed E-state index contributed by atoms with van der Waals surface area (Å²) >= 11 is 0. The summed E-state index contributed by atoms with van der Waals surface area (Å²) in [4.78, 5) is 0. The number of allylic oxidation sites excluding steroid dienone is 4. The maximum absolute atomic E-state index is 15.0. The van der Waals surface area contributed by atoms with Crippen LogP contribution in [0.15, 0.2) is 103 Å². The smallest absolute Gasteiger partial charge is 0.158 e. The van der Waals surface area contributed by atoms with Crippen molar-refractivity contribution in [2.24, 2.45) is 0 Å². The fourth-order valence-electron chi connectivity index (χ4n) is 4.85. The van der Waals surface area contributed by atoms with Crippen molar-refractivity contribution < 1.29 is 23.0 Å². The molecule has 0 amide bonds. The van der Waals surface area contributed by atoms with E-state index in [1.165, 1.54) is 6.07 Å². The molecule has 3 aromatic carbocycles. The number of hydrogen-bond acceptors (Lipinski definition) is 2. The van der Waals surface area contributed by atoms with Gasteiger partial charge in [0.2, 0.25) is 0 Å². The van der Waals surface area contributed by atoms with Gasteiger partial charge in [-0.2, -0.15) is 0 Å². The van der Waals surface area contributed by atoms with Gasteiger partial charge in [-0.1, -0.05) is 74.0 Å². The molecule has 204 valence electrons. The second kappa shape index (κ2) is 13.5. The van der Waals surface area contributed by atoms with Gasteiger partial charge in [-0.05, 0) is 72.1 Å². The molecular formula is C34H35F3O2. The van der Waals surface area contributed by atoms with Crippen molar-refractivity contribution in [1.29, 1.82) is 0 Å². The number of rotatable bonds is 12. The zero-order valence-corrected chi connectivity index (χ0v) is 22.3. The van der Waals surface area contributed by atoms with Gasteiger partial charge in [0.15, 0.2) is 5.83 Å². The van der Waals surface area contributed by atoms with Gasteiger partial charge in [0.25, 0.3) is 0 Å². The number of aliphatic hydroxyl groups is 1. The molecule has 4 rings (SSSR count). The molecular weight excluding hydrogens is 497 g/mol. The van der Waals surface area contributed by atoms with E-state index >= 15 is 4.39 Å². The van der Waals surface area contributed by atoms with Crippen molar-refractivity contribution in [3.8, 4) is 16.9 Å². The van der Waals surface area contributed by atoms with E-state index < -0.39 is 23.7 Å². The second-order valence-electron chi connectivity index (χ2n) is 9.92. The van der Waals surface area contributed by atoms with Crippen LogP contribution in [0.1, 0.15) is 67.7 Å². The van der Waals surface area contributed by atoms with Crippen LogP contribution in [0.2, 0.25) is 0 Å². The quantitative estimate of drug-likeness (QED) is 0.186. The molecule has 2 nitrogen and oxygen atoms in total. The zero-order valence-electron chi connectivity index (χ0n) is 22.3. The molecule has 0 fully saturated rings. The Labute approximate surface area is 229 Å². The van der Waals surface area contributed by atoms with Gasteiger partial charge in [-0.25, -0.2) is 13.2 Å². The minimum absolute atomic E-state index is 0.366. The fourth-order valence-corrected chi connectivity index (χ4v) is 4.85. The number of aliphatic hydroxyl groups excluding tert-OH is 1. The summed E-state index contributed by atoms with van der Waals surface area (Å²) in [5.74, 6) is -2.07. The molecule has 0 saturated heterocycles. The lowest BCUT2D eigenvalue weighted by Gasteiger charge is -2.21. The number of hydrogen-bond donors (Lipinski definition) is 1. The first kappa shape index (κ1) is 28.4. The maximum Gasteiger partial charge on any atom is 0.158 e. The third kappa shape index (κ3) is 7.10. The molecule has 0 aromatic heterocycles. The van der Waals surface area contributed by atoms with Crippen molar-refractivity contribution in [2.75, 3.05) is 6.61 Å². The molecule has 0 bridgehead atoms. The van der Waals surface area contributed by atoms with Crippen LogP contribution in [0.3, 0.4) is 0 Å². The zero-order chi connectivity index (χ0) is 27.8. The van der Waals surface area contributed by atoms with Crippen LogP contribution < -0.4 is 4.74 Å². The summed E-state index contributed by atoms with van der Waals surface area (Å²) < 4.78 is 50.2. The van der Waals surface area contributed by atoms with Crippen molar-refractivity contribution >= 4 is 0 Å². The largest absolute Gasteiger partial charge is 0.493 e. The van der Waals surface area contributed by atoms with Crippen LogP contribution in [0.4, 0.5) is 13.2 Å². The van der Waals surface area contributed by atoms with Gasteiger partial charge in [0.1, 0.15) is 17.4 Å². The molecule has 0 radical (unpaired) electrons. The van der Waals surface area contributed by atoms with Gasteiger partial charge in [0.05, 0.1) is 12.7 Å². The van der Waals surface area contributed by atoms with E-state index in [1.54, 1.807) is 48.6 Å². The highest BCUT2D eigenvalue weighted by molar-refractivity contribution is 5.65. The topological polar surface area (TPSA) is 29.5 Å². The number of halogens is 3. The van der Waals surface area contributed by atoms with Crippen LogP contribution in [-0.2, 0) is 6.42 Å². The lowest BCUT2D eigenvalue weighted by atomic mass is 9.86. The van der Waals surface area contributed by atoms with E-state index in [2.05, 4.69) is 6.58 Å². The average molecular weight is 533 g/mol. The first-order valence-electron chi connectivity index (χ1n) is 13.6. The van der Waals surface area contributed by atoms with E-state index in [0.717, 1.165) is 23.1 Å². The van der Waals surface area contributed by atoms with Crippen molar-refractivity contribution in [3.63, 3.8) is 0 Å². The molecule has 5 heteroatoms. The Balaban J connectivity index is 1.36. The molecule has 1 N–H and O–H groups in total. The highest BCUT2D eigenvalue weighted by Gasteiger charge is 2.26. The predicted molar refractivity (Wildman–Crippen MR) is 151 cm³/mol. The first-order chi connectivity index (χ1) is 18.9. The molecule has 2 unspecified atom stereocenters. The van der Waals surface area contributed by atoms with E-state index in [4.69, 9.17) is 4.74 Å². The SMILES string of the molecule is C=CCCOc1ccc(-c2ccc(CCC3=CCC(c4ccc(C(O)CCC)cc4)C(F)=C3F)cc2)c(F)c1. The molecule has 39 heavy (non-hydrogen) atoms. The molecule has 3 aromatic rings. The van der Waals surface area contributed by atoms with Gasteiger partial charge in [-0.3, -0.25) is 0 Å². The van der Waals surface area contributed by atoms with Crippen LogP contribution in [0.5, 0.6) is 5.75 Å². The lowest BCUT2D eigenvalue weighted by Crippen LogP contribution is -2.08. The summed E-state index contributed by atoms with van der Waals surface area (Å²) in [5, 5.41) is 10.2. The highest BCUT2D eigenvalue weighted by Crippen LogP contribution is 2.40. The summed E-state index contributed by atoms with van der Waals surface area (Å²) in [6, 6.07) is 19.4. The van der Waals surface area contributed by atoms with E-state index in [1.807, 2.05) is 31.2 Å². The van der Waals surface area contributed by atoms with Crippen molar-refractivity contribution in [2.45, 2.75) is 57.5 Å². The van der Waals surface area contributed by atoms with Crippen LogP contribution in [0.25, 0.3) is 11.1 Å². The predicted octanol–water partition coefficient (Wildman–Crippen LogP) is 9.48. The Bertz CT molecular complexity index is 1320. The van der Waals surface area contributed by atoms with Gasteiger partial charge in [-0.15, -0.1) is 6.58 Å². The Morgan fingerprint density at radius 3 is 2.41 bits per heavy atom. The van der Waals surface area contributed by atoms with Gasteiger partial charge < -0.3 is 9.84 Å². The van der Waals surface area contributed by atoms with E-state index in [0.29, 0.717) is 61.2 Å². The minimum atomic E-state index is -0.782. The van der Waals surface area contributed by atoms with Crippen LogP contribution >= 0.6 is 0 Å². The lowest BCUT2D eigenvalue weighted by molar-refractivity contribution is 0.166. The second-order valence-corrected chi connectivity index (χ2v) is 9.92. The van der Waals surface area contributed by atoms with Crippen LogP contribution in [0, 0.1) is 5.82 Å². The minimum Gasteiger partial charge on any atom is -0.493 e. The third-order valence-corrected chi connectivity index (χ3v) is 7.16. The average Bonchev–Trinajstić information content (AvgIpc) is 2.95. The molecule has 0 heterocycles. The Morgan fingerprint density at radius 1 is 1.00 bits per heavy atom. The van der Waals surface area contributed by atoms with Crippen LogP contribution in [-0.4, -0.2) is 11.7 Å². The summed E-state index contributed by atoms with van der Waals surface area (Å²) in [6.45, 7) is 6.10.